The van der Waals surface area contributed by atoms with Crippen LogP contribution in [0.5, 0.6) is 0 Å². The normalized spacial score (nSPS) is 24.3. The van der Waals surface area contributed by atoms with Crippen LogP contribution in [0.15, 0.2) is 12.2 Å². The molecule has 12 N–H and O–H groups in total. The maximum atomic E-state index is 13.3. The number of amides is 3. The van der Waals surface area contributed by atoms with Crippen LogP contribution in [0.2, 0.25) is 0 Å². The quantitative estimate of drug-likeness (QED) is 0.00969. The molecule has 32 heteroatoms. The van der Waals surface area contributed by atoms with Crippen LogP contribution in [0.4, 0.5) is 4.79 Å². The molecule has 11 atom stereocenters. The number of thioether (sulfide) groups is 1. The highest BCUT2D eigenvalue weighted by atomic mass is 32.2. The Labute approximate surface area is 479 Å². The van der Waals surface area contributed by atoms with E-state index in [2.05, 4.69) is 48.6 Å². The Hall–Kier alpha value is -1.87. The summed E-state index contributed by atoms with van der Waals surface area (Å²) < 4.78 is 82.5. The van der Waals surface area contributed by atoms with Gasteiger partial charge in [0.2, 0.25) is 5.91 Å². The fourth-order valence-corrected chi connectivity index (χ4v) is 13.9. The molecule has 3 unspecified atom stereocenters. The number of unbranched alkanes of at least 4 members (excludes halogenated alkanes) is 20. The molecule has 0 radical (unpaired) electrons. The van der Waals surface area contributed by atoms with Crippen LogP contribution in [0, 0.1) is 0 Å². The smallest absolute Gasteiger partial charge is 0.462 e. The number of fused-ring (bicyclic) bond motifs is 1. The standard InChI is InChI=1S/C49H91N3O24P4S/c1-2-3-4-5-6-7-8-9-10-11-12-14-17-20-23-30-40(54)70-33-36(34-71-80(68,69)76-45-43(56)46(73-77(59,60)61)48(75-79(65,66)67)47(44(45)57)74-78(62,63)64)72-41(55)31-24-21-18-15-13-16-19-22-27-32-50-39(53)29-26-25-28-38-42-37(35-81-38)51-49(58)52-42/h9-10,36-38,42-48,56-57H,2-8,11-35H2,1H3,(H,50,53)(H,68,69)(H2,51,52,58)(H2,59,60,61)(H2,62,63,64)(H2,65,66,67)/b10-9-/t36-,37+,38+,42+,43+,44+,45?,46-,47+,48?/m1/s1. The van der Waals surface area contributed by atoms with Gasteiger partial charge in [0.1, 0.15) is 43.2 Å². The van der Waals surface area contributed by atoms with E-state index in [0.29, 0.717) is 37.5 Å². The van der Waals surface area contributed by atoms with Crippen molar-refractivity contribution in [3.05, 3.63) is 12.2 Å². The molecule has 2 aliphatic heterocycles. The number of rotatable bonds is 46. The zero-order valence-electron chi connectivity index (χ0n) is 46.4. The fourth-order valence-electron chi connectivity index (χ4n) is 9.66. The van der Waals surface area contributed by atoms with E-state index < -0.39 is 99.2 Å². The fraction of sp³-hybridized carbons (Fsp3) is 0.878. The van der Waals surface area contributed by atoms with Crippen LogP contribution in [0.3, 0.4) is 0 Å². The van der Waals surface area contributed by atoms with Crippen LogP contribution < -0.4 is 16.0 Å². The monoisotopic (exact) mass is 1260 g/mol. The van der Waals surface area contributed by atoms with Gasteiger partial charge < -0.3 is 69.9 Å². The Morgan fingerprint density at radius 3 is 1.62 bits per heavy atom. The lowest BCUT2D eigenvalue weighted by molar-refractivity contribution is -0.209. The number of esters is 2. The predicted molar refractivity (Wildman–Crippen MR) is 297 cm³/mol. The average molecular weight is 1260 g/mol. The van der Waals surface area contributed by atoms with Crippen LogP contribution in [0.1, 0.15) is 187 Å². The second-order valence-electron chi connectivity index (χ2n) is 20.8. The molecular weight excluding hydrogens is 1170 g/mol. The second-order valence-corrected chi connectivity index (χ2v) is 27.0. The summed E-state index contributed by atoms with van der Waals surface area (Å²) in [5, 5.41) is 31.2. The first-order valence-corrected chi connectivity index (χ1v) is 35.6. The summed E-state index contributed by atoms with van der Waals surface area (Å²) >= 11 is 1.86. The van der Waals surface area contributed by atoms with Gasteiger partial charge in [-0.25, -0.2) is 23.1 Å². The molecular formula is C49H91N3O24P4S. The zero-order valence-corrected chi connectivity index (χ0v) is 50.8. The van der Waals surface area contributed by atoms with Gasteiger partial charge in [-0.1, -0.05) is 122 Å². The van der Waals surface area contributed by atoms with Crippen molar-refractivity contribution in [2.75, 3.05) is 25.5 Å². The summed E-state index contributed by atoms with van der Waals surface area (Å²) in [6, 6.07) is 0.253. The van der Waals surface area contributed by atoms with Crippen molar-refractivity contribution in [2.24, 2.45) is 0 Å². The summed E-state index contributed by atoms with van der Waals surface area (Å²) in [7, 11) is -23.1. The number of hydrogen-bond acceptors (Lipinski definition) is 18. The van der Waals surface area contributed by atoms with Gasteiger partial charge in [0.05, 0.1) is 18.7 Å². The van der Waals surface area contributed by atoms with Gasteiger partial charge in [-0.05, 0) is 57.8 Å². The van der Waals surface area contributed by atoms with Crippen molar-refractivity contribution in [1.82, 2.24) is 16.0 Å². The van der Waals surface area contributed by atoms with Gasteiger partial charge in [-0.2, -0.15) is 11.8 Å². The second kappa shape index (κ2) is 39.0. The summed E-state index contributed by atoms with van der Waals surface area (Å²) in [5.41, 5.74) is 0. The van der Waals surface area contributed by atoms with E-state index in [1.807, 2.05) is 11.8 Å². The summed E-state index contributed by atoms with van der Waals surface area (Å²) in [6.07, 6.45) is 10.6. The summed E-state index contributed by atoms with van der Waals surface area (Å²) in [6.45, 7) is 1.11. The van der Waals surface area contributed by atoms with Crippen molar-refractivity contribution in [3.8, 4) is 0 Å². The van der Waals surface area contributed by atoms with Crippen molar-refractivity contribution in [3.63, 3.8) is 0 Å². The predicted octanol–water partition coefficient (Wildman–Crippen LogP) is 6.89. The molecule has 1 saturated carbocycles. The highest BCUT2D eigenvalue weighted by molar-refractivity contribution is 8.00. The molecule has 2 saturated heterocycles. The van der Waals surface area contributed by atoms with Crippen molar-refractivity contribution in [2.45, 2.75) is 247 Å². The van der Waals surface area contributed by atoms with E-state index in [4.69, 9.17) is 18.5 Å². The minimum atomic E-state index is -5.81. The molecule has 0 spiro atoms. The van der Waals surface area contributed by atoms with E-state index in [1.165, 1.54) is 38.5 Å². The van der Waals surface area contributed by atoms with E-state index >= 15 is 0 Å². The number of ether oxygens (including phenoxy) is 2. The molecule has 0 aromatic carbocycles. The molecule has 3 fully saturated rings. The molecule has 3 amide bonds. The highest BCUT2D eigenvalue weighted by Gasteiger charge is 2.59. The molecule has 0 aromatic rings. The summed E-state index contributed by atoms with van der Waals surface area (Å²) in [4.78, 5) is 117. The molecule has 1 aliphatic carbocycles. The van der Waals surface area contributed by atoms with Crippen LogP contribution in [0.25, 0.3) is 0 Å². The summed E-state index contributed by atoms with van der Waals surface area (Å²) in [5.74, 6) is -0.512. The minimum absolute atomic E-state index is 0.00413. The number of carbonyl (C=O) groups excluding carboxylic acids is 4. The van der Waals surface area contributed by atoms with E-state index in [9.17, 15) is 81.9 Å². The Kier molecular flexibility index (Phi) is 35.4. The van der Waals surface area contributed by atoms with Gasteiger partial charge in [0, 0.05) is 36.8 Å². The molecule has 3 aliphatic rings. The topological polar surface area (TPSA) is 419 Å². The van der Waals surface area contributed by atoms with E-state index in [0.717, 1.165) is 108 Å². The first kappa shape index (κ1) is 73.4. The van der Waals surface area contributed by atoms with Crippen LogP contribution in [-0.4, -0.2) is 154 Å². The Morgan fingerprint density at radius 1 is 0.593 bits per heavy atom. The SMILES string of the molecule is CCCCCCCC/C=C\CCCCCCCC(=O)OC[C@H](COP(=O)(O)OC1[C@H](O)[C@H](OP(=O)(O)O)C(OP(=O)(O)O)[C@H](OP(=O)(O)O)[C@H]1O)OC(=O)CCCCCCCCCCCNC(=O)CCCC[C@@H]1SC[C@@H]2NC(=O)N[C@@H]21. The average Bonchev–Trinajstić information content (AvgIpc) is 4.05. The van der Waals surface area contributed by atoms with Crippen molar-refractivity contribution < 1.29 is 114 Å². The number of aliphatic hydroxyl groups excluding tert-OH is 2. The van der Waals surface area contributed by atoms with Gasteiger partial charge in [0.25, 0.3) is 0 Å². The van der Waals surface area contributed by atoms with Crippen molar-refractivity contribution >= 4 is 66.9 Å². The first-order chi connectivity index (χ1) is 38.3. The molecule has 27 nitrogen and oxygen atoms in total. The lowest BCUT2D eigenvalue weighted by atomic mass is 9.85. The number of carbonyl (C=O) groups is 4. The number of urea groups is 1. The molecule has 3 rings (SSSR count). The number of phosphoric ester groups is 4. The molecule has 0 bridgehead atoms. The molecule has 2 heterocycles. The molecule has 472 valence electrons. The Morgan fingerprint density at radius 2 is 1.07 bits per heavy atom. The maximum Gasteiger partial charge on any atom is 0.472 e. The number of hydrogen-bond donors (Lipinski definition) is 12. The number of aliphatic hydroxyl groups is 2. The first-order valence-electron chi connectivity index (χ1n) is 28.5. The third-order valence-electron chi connectivity index (χ3n) is 13.8. The third-order valence-corrected chi connectivity index (χ3v) is 17.8. The largest absolute Gasteiger partial charge is 0.472 e. The van der Waals surface area contributed by atoms with Gasteiger partial charge in [-0.3, -0.25) is 37.0 Å². The lowest BCUT2D eigenvalue weighted by Crippen LogP contribution is -2.65. The molecule has 0 aromatic heterocycles. The van der Waals surface area contributed by atoms with E-state index in [-0.39, 0.29) is 36.9 Å². The molecule has 81 heavy (non-hydrogen) atoms. The van der Waals surface area contributed by atoms with Crippen LogP contribution >= 0.6 is 43.1 Å². The Bertz CT molecular complexity index is 2050. The number of allylic oxidation sites excluding steroid dienone is 2. The number of phosphoric acid groups is 4. The van der Waals surface area contributed by atoms with Gasteiger partial charge in [-0.15, -0.1) is 0 Å². The van der Waals surface area contributed by atoms with E-state index in [1.54, 1.807) is 0 Å². The zero-order chi connectivity index (χ0) is 59.9. The maximum absolute atomic E-state index is 13.3. The van der Waals surface area contributed by atoms with Gasteiger partial charge >= 0.3 is 49.3 Å². The lowest BCUT2D eigenvalue weighted by Gasteiger charge is -2.45. The highest BCUT2D eigenvalue weighted by Crippen LogP contribution is 2.53. The third kappa shape index (κ3) is 33.0. The minimum Gasteiger partial charge on any atom is -0.462 e. The number of nitrogens with one attached hydrogen (secondary N) is 3. The van der Waals surface area contributed by atoms with Gasteiger partial charge in [0.15, 0.2) is 6.10 Å². The Balaban J connectivity index is 1.44. The van der Waals surface area contributed by atoms with Crippen LogP contribution in [-0.2, 0) is 64.7 Å². The van der Waals surface area contributed by atoms with Crippen molar-refractivity contribution in [1.29, 1.82) is 0 Å².